The highest BCUT2D eigenvalue weighted by atomic mass is 35.5. The summed E-state index contributed by atoms with van der Waals surface area (Å²) in [7, 11) is 0. The Hall–Kier alpha value is -1.80. The fourth-order valence-electron chi connectivity index (χ4n) is 1.90. The van der Waals surface area contributed by atoms with E-state index in [1.165, 1.54) is 5.56 Å². The van der Waals surface area contributed by atoms with Crippen molar-refractivity contribution in [1.29, 1.82) is 0 Å². The zero-order valence-electron chi connectivity index (χ0n) is 11.7. The highest BCUT2D eigenvalue weighted by molar-refractivity contribution is 6.30. The molecule has 0 aliphatic heterocycles. The van der Waals surface area contributed by atoms with Crippen LogP contribution < -0.4 is 4.74 Å². The summed E-state index contributed by atoms with van der Waals surface area (Å²) in [6.07, 6.45) is 0. The van der Waals surface area contributed by atoms with Crippen molar-refractivity contribution in [2.75, 3.05) is 5.88 Å². The van der Waals surface area contributed by atoms with Gasteiger partial charge < -0.3 is 4.74 Å². The van der Waals surface area contributed by atoms with Gasteiger partial charge in [0.2, 0.25) is 0 Å². The third kappa shape index (κ3) is 3.61. The molecule has 2 aromatic rings. The van der Waals surface area contributed by atoms with Gasteiger partial charge in [0.25, 0.3) is 0 Å². The van der Waals surface area contributed by atoms with Crippen molar-refractivity contribution in [2.24, 2.45) is 0 Å². The smallest absolute Gasteiger partial charge is 0.181 e. The second-order valence-electron chi connectivity index (χ2n) is 4.83. The molecule has 0 saturated carbocycles. The summed E-state index contributed by atoms with van der Waals surface area (Å²) in [5.74, 6) is 0.431. The Morgan fingerprint density at radius 3 is 2.35 bits per heavy atom. The number of halogens is 1. The van der Waals surface area contributed by atoms with Crippen LogP contribution in [0.3, 0.4) is 0 Å². The number of benzene rings is 2. The SMILES string of the molecule is Cc1ccc(COc2ccc(C)cc2C(=O)CCl)cc1. The van der Waals surface area contributed by atoms with E-state index < -0.39 is 0 Å². The highest BCUT2D eigenvalue weighted by Crippen LogP contribution is 2.22. The first-order valence-corrected chi connectivity index (χ1v) is 7.02. The van der Waals surface area contributed by atoms with Crippen LogP contribution in [0, 0.1) is 13.8 Å². The molecule has 0 saturated heterocycles. The Bertz CT molecular complexity index is 603. The van der Waals surface area contributed by atoms with Crippen molar-refractivity contribution in [3.63, 3.8) is 0 Å². The standard InChI is InChI=1S/C17H17ClO2/c1-12-3-6-14(7-4-12)11-20-17-8-5-13(2)9-15(17)16(19)10-18/h3-9H,10-11H2,1-2H3. The Morgan fingerprint density at radius 1 is 1.05 bits per heavy atom. The van der Waals surface area contributed by atoms with Gasteiger partial charge in [0.1, 0.15) is 12.4 Å². The van der Waals surface area contributed by atoms with Gasteiger partial charge >= 0.3 is 0 Å². The lowest BCUT2D eigenvalue weighted by molar-refractivity contribution is 0.101. The highest BCUT2D eigenvalue weighted by Gasteiger charge is 2.12. The summed E-state index contributed by atoms with van der Waals surface area (Å²) in [6.45, 7) is 4.42. The van der Waals surface area contributed by atoms with E-state index in [2.05, 4.69) is 0 Å². The fourth-order valence-corrected chi connectivity index (χ4v) is 2.05. The van der Waals surface area contributed by atoms with E-state index in [0.29, 0.717) is 17.9 Å². The molecule has 104 valence electrons. The van der Waals surface area contributed by atoms with Crippen molar-refractivity contribution in [2.45, 2.75) is 20.5 Å². The number of ether oxygens (including phenoxy) is 1. The number of hydrogen-bond donors (Lipinski definition) is 0. The number of ketones is 1. The third-order valence-corrected chi connectivity index (χ3v) is 3.31. The summed E-state index contributed by atoms with van der Waals surface area (Å²) in [5.41, 5.74) is 3.84. The van der Waals surface area contributed by atoms with Crippen molar-refractivity contribution >= 4 is 17.4 Å². The molecular formula is C17H17ClO2. The molecule has 0 aliphatic carbocycles. The molecule has 0 spiro atoms. The van der Waals surface area contributed by atoms with Crippen LogP contribution in [0.5, 0.6) is 5.75 Å². The zero-order chi connectivity index (χ0) is 14.5. The summed E-state index contributed by atoms with van der Waals surface area (Å²) >= 11 is 5.64. The van der Waals surface area contributed by atoms with E-state index >= 15 is 0 Å². The van der Waals surface area contributed by atoms with Gasteiger partial charge in [-0.25, -0.2) is 0 Å². The van der Waals surface area contributed by atoms with E-state index in [0.717, 1.165) is 11.1 Å². The number of rotatable bonds is 5. The lowest BCUT2D eigenvalue weighted by Crippen LogP contribution is -2.06. The normalized spacial score (nSPS) is 10.3. The predicted octanol–water partition coefficient (Wildman–Crippen LogP) is 4.30. The number of aryl methyl sites for hydroxylation is 2. The van der Waals surface area contributed by atoms with Crippen molar-refractivity contribution in [1.82, 2.24) is 0 Å². The second-order valence-corrected chi connectivity index (χ2v) is 5.10. The van der Waals surface area contributed by atoms with Gasteiger partial charge in [0, 0.05) is 0 Å². The van der Waals surface area contributed by atoms with Gasteiger partial charge in [-0.3, -0.25) is 4.79 Å². The maximum absolute atomic E-state index is 11.8. The molecule has 0 heterocycles. The minimum Gasteiger partial charge on any atom is -0.488 e. The Morgan fingerprint density at radius 2 is 1.70 bits per heavy atom. The Labute approximate surface area is 124 Å². The largest absolute Gasteiger partial charge is 0.488 e. The first-order chi connectivity index (χ1) is 9.60. The second kappa shape index (κ2) is 6.58. The topological polar surface area (TPSA) is 26.3 Å². The molecule has 0 fully saturated rings. The maximum Gasteiger partial charge on any atom is 0.181 e. The van der Waals surface area contributed by atoms with Crippen LogP contribution in [-0.2, 0) is 6.61 Å². The molecule has 2 rings (SSSR count). The number of Topliss-reactive ketones (excluding diaryl/α,β-unsaturated/α-hetero) is 1. The minimum atomic E-state index is -0.116. The van der Waals surface area contributed by atoms with Crippen molar-refractivity contribution in [3.05, 3.63) is 64.7 Å². The Kier molecular flexibility index (Phi) is 4.80. The summed E-state index contributed by atoms with van der Waals surface area (Å²) < 4.78 is 5.76. The quantitative estimate of drug-likeness (QED) is 0.605. The van der Waals surface area contributed by atoms with E-state index in [1.54, 1.807) is 0 Å². The average Bonchev–Trinajstić information content (AvgIpc) is 2.46. The molecule has 0 aromatic heterocycles. The predicted molar refractivity (Wildman–Crippen MR) is 81.7 cm³/mol. The van der Waals surface area contributed by atoms with Gasteiger partial charge in [0.15, 0.2) is 5.78 Å². The van der Waals surface area contributed by atoms with Gasteiger partial charge in [-0.05, 0) is 31.5 Å². The minimum absolute atomic E-state index is 0.0374. The van der Waals surface area contributed by atoms with Crippen LogP contribution in [-0.4, -0.2) is 11.7 Å². The lowest BCUT2D eigenvalue weighted by Gasteiger charge is -2.11. The van der Waals surface area contributed by atoms with Gasteiger partial charge in [-0.1, -0.05) is 41.5 Å². The molecule has 0 atom stereocenters. The molecule has 0 N–H and O–H groups in total. The summed E-state index contributed by atoms with van der Waals surface area (Å²) in [5, 5.41) is 0. The fraction of sp³-hybridized carbons (Fsp3) is 0.235. The number of carbonyl (C=O) groups is 1. The van der Waals surface area contributed by atoms with Gasteiger partial charge in [-0.15, -0.1) is 11.6 Å². The summed E-state index contributed by atoms with van der Waals surface area (Å²) in [6, 6.07) is 13.7. The molecule has 0 amide bonds. The summed E-state index contributed by atoms with van der Waals surface area (Å²) in [4.78, 5) is 11.8. The molecule has 2 nitrogen and oxygen atoms in total. The molecule has 3 heteroatoms. The number of hydrogen-bond acceptors (Lipinski definition) is 2. The average molecular weight is 289 g/mol. The van der Waals surface area contributed by atoms with Gasteiger partial charge in [0.05, 0.1) is 11.4 Å². The molecule has 20 heavy (non-hydrogen) atoms. The maximum atomic E-state index is 11.8. The molecule has 0 unspecified atom stereocenters. The number of carbonyl (C=O) groups excluding carboxylic acids is 1. The molecule has 2 aromatic carbocycles. The van der Waals surface area contributed by atoms with Gasteiger partial charge in [-0.2, -0.15) is 0 Å². The zero-order valence-corrected chi connectivity index (χ0v) is 12.4. The van der Waals surface area contributed by atoms with Crippen LogP contribution in [0.15, 0.2) is 42.5 Å². The van der Waals surface area contributed by atoms with Crippen molar-refractivity contribution < 1.29 is 9.53 Å². The molecule has 0 radical (unpaired) electrons. The van der Waals surface area contributed by atoms with E-state index in [4.69, 9.17) is 16.3 Å². The van der Waals surface area contributed by atoms with Crippen molar-refractivity contribution in [3.8, 4) is 5.75 Å². The molecule has 0 aliphatic rings. The first kappa shape index (κ1) is 14.6. The monoisotopic (exact) mass is 288 g/mol. The van der Waals surface area contributed by atoms with Crippen LogP contribution in [0.25, 0.3) is 0 Å². The van der Waals surface area contributed by atoms with Crippen LogP contribution in [0.1, 0.15) is 27.0 Å². The Balaban J connectivity index is 2.16. The van der Waals surface area contributed by atoms with Crippen LogP contribution >= 0.6 is 11.6 Å². The lowest BCUT2D eigenvalue weighted by atomic mass is 10.1. The first-order valence-electron chi connectivity index (χ1n) is 6.48. The van der Waals surface area contributed by atoms with Crippen LogP contribution in [0.2, 0.25) is 0 Å². The van der Waals surface area contributed by atoms with E-state index in [1.807, 2.05) is 56.3 Å². The van der Waals surface area contributed by atoms with E-state index in [-0.39, 0.29) is 11.7 Å². The molecular weight excluding hydrogens is 272 g/mol. The van der Waals surface area contributed by atoms with E-state index in [9.17, 15) is 4.79 Å². The third-order valence-electron chi connectivity index (χ3n) is 3.07. The van der Waals surface area contributed by atoms with Crippen LogP contribution in [0.4, 0.5) is 0 Å². The number of alkyl halides is 1. The molecule has 0 bridgehead atoms.